The number of hydrogen-bond donors (Lipinski definition) is 1. The SMILES string of the molecule is CC(C)c1c(C(=O)O)nnn1CC(=O)N1CCC1. The minimum atomic E-state index is -1.11. The van der Waals surface area contributed by atoms with Crippen LogP contribution in [0.4, 0.5) is 0 Å². The van der Waals surface area contributed by atoms with E-state index in [1.807, 2.05) is 13.8 Å². The summed E-state index contributed by atoms with van der Waals surface area (Å²) < 4.78 is 1.40. The summed E-state index contributed by atoms with van der Waals surface area (Å²) in [6.07, 6.45) is 1.03. The van der Waals surface area contributed by atoms with Crippen LogP contribution in [-0.2, 0) is 11.3 Å². The van der Waals surface area contributed by atoms with Gasteiger partial charge in [0.15, 0.2) is 5.69 Å². The van der Waals surface area contributed by atoms with Gasteiger partial charge in [0.25, 0.3) is 0 Å². The van der Waals surface area contributed by atoms with Gasteiger partial charge >= 0.3 is 5.97 Å². The maximum atomic E-state index is 11.8. The molecule has 2 heterocycles. The van der Waals surface area contributed by atoms with Crippen molar-refractivity contribution in [2.75, 3.05) is 13.1 Å². The highest BCUT2D eigenvalue weighted by Gasteiger charge is 2.25. The number of aromatic nitrogens is 3. The highest BCUT2D eigenvalue weighted by atomic mass is 16.4. The van der Waals surface area contributed by atoms with E-state index in [1.165, 1.54) is 4.68 Å². The van der Waals surface area contributed by atoms with Crippen LogP contribution in [0.15, 0.2) is 0 Å². The molecule has 0 bridgehead atoms. The van der Waals surface area contributed by atoms with Crippen LogP contribution < -0.4 is 0 Å². The Morgan fingerprint density at radius 1 is 1.39 bits per heavy atom. The molecule has 18 heavy (non-hydrogen) atoms. The summed E-state index contributed by atoms with van der Waals surface area (Å²) in [4.78, 5) is 24.6. The Morgan fingerprint density at radius 2 is 2.06 bits per heavy atom. The zero-order valence-electron chi connectivity index (χ0n) is 10.5. The van der Waals surface area contributed by atoms with E-state index < -0.39 is 5.97 Å². The van der Waals surface area contributed by atoms with Crippen molar-refractivity contribution in [1.29, 1.82) is 0 Å². The molecule has 0 saturated carbocycles. The zero-order valence-corrected chi connectivity index (χ0v) is 10.5. The smallest absolute Gasteiger partial charge is 0.358 e. The first-order valence-corrected chi connectivity index (χ1v) is 5.95. The summed E-state index contributed by atoms with van der Waals surface area (Å²) in [7, 11) is 0. The molecule has 0 unspecified atom stereocenters. The molecular weight excluding hydrogens is 236 g/mol. The minimum Gasteiger partial charge on any atom is -0.476 e. The van der Waals surface area contributed by atoms with Crippen LogP contribution in [0.25, 0.3) is 0 Å². The third-order valence-corrected chi connectivity index (χ3v) is 3.02. The van der Waals surface area contributed by atoms with Gasteiger partial charge in [0.2, 0.25) is 5.91 Å². The van der Waals surface area contributed by atoms with Crippen molar-refractivity contribution in [2.24, 2.45) is 0 Å². The molecule has 1 saturated heterocycles. The van der Waals surface area contributed by atoms with Crippen LogP contribution in [0.3, 0.4) is 0 Å². The Balaban J connectivity index is 2.21. The Bertz CT molecular complexity index is 477. The lowest BCUT2D eigenvalue weighted by molar-refractivity contribution is -0.135. The fourth-order valence-corrected chi connectivity index (χ4v) is 1.95. The summed E-state index contributed by atoms with van der Waals surface area (Å²) in [5.74, 6) is -1.19. The van der Waals surface area contributed by atoms with E-state index in [4.69, 9.17) is 5.11 Å². The second-order valence-corrected chi connectivity index (χ2v) is 4.68. The maximum absolute atomic E-state index is 11.8. The van der Waals surface area contributed by atoms with Crippen molar-refractivity contribution in [3.05, 3.63) is 11.4 Å². The number of carboxylic acid groups (broad SMARTS) is 1. The minimum absolute atomic E-state index is 0.0370. The molecular formula is C11H16N4O3. The van der Waals surface area contributed by atoms with Crippen LogP contribution in [0.2, 0.25) is 0 Å². The lowest BCUT2D eigenvalue weighted by atomic mass is 10.1. The Morgan fingerprint density at radius 3 is 2.50 bits per heavy atom. The highest BCUT2D eigenvalue weighted by molar-refractivity contribution is 5.87. The molecule has 1 aliphatic heterocycles. The van der Waals surface area contributed by atoms with E-state index in [-0.39, 0.29) is 24.1 Å². The van der Waals surface area contributed by atoms with Gasteiger partial charge in [0.1, 0.15) is 6.54 Å². The lowest BCUT2D eigenvalue weighted by Crippen LogP contribution is -2.44. The zero-order chi connectivity index (χ0) is 13.3. The van der Waals surface area contributed by atoms with E-state index >= 15 is 0 Å². The monoisotopic (exact) mass is 252 g/mol. The number of rotatable bonds is 4. The third kappa shape index (κ3) is 2.20. The van der Waals surface area contributed by atoms with Gasteiger partial charge in [-0.15, -0.1) is 5.10 Å². The number of carbonyl (C=O) groups is 2. The topological polar surface area (TPSA) is 88.3 Å². The van der Waals surface area contributed by atoms with Crippen LogP contribution in [0, 0.1) is 0 Å². The fourth-order valence-electron chi connectivity index (χ4n) is 1.95. The van der Waals surface area contributed by atoms with Crippen molar-refractivity contribution >= 4 is 11.9 Å². The van der Waals surface area contributed by atoms with E-state index in [2.05, 4.69) is 10.3 Å². The number of likely N-dealkylation sites (tertiary alicyclic amines) is 1. The number of carbonyl (C=O) groups excluding carboxylic acids is 1. The summed E-state index contributed by atoms with van der Waals surface area (Å²) in [6.45, 7) is 5.33. The molecule has 7 heteroatoms. The largest absolute Gasteiger partial charge is 0.476 e. The third-order valence-electron chi connectivity index (χ3n) is 3.02. The molecule has 98 valence electrons. The summed E-state index contributed by atoms with van der Waals surface area (Å²) >= 11 is 0. The molecule has 1 amide bonds. The summed E-state index contributed by atoms with van der Waals surface area (Å²) in [5, 5.41) is 16.4. The predicted octanol–water partition coefficient (Wildman–Crippen LogP) is 0.332. The fraction of sp³-hybridized carbons (Fsp3) is 0.636. The van der Waals surface area contributed by atoms with Crippen molar-refractivity contribution in [3.8, 4) is 0 Å². The first-order valence-electron chi connectivity index (χ1n) is 5.95. The van der Waals surface area contributed by atoms with Gasteiger partial charge in [0.05, 0.1) is 5.69 Å². The average molecular weight is 252 g/mol. The molecule has 0 radical (unpaired) electrons. The molecule has 1 aliphatic rings. The second kappa shape index (κ2) is 4.75. The number of hydrogen-bond acceptors (Lipinski definition) is 4. The highest BCUT2D eigenvalue weighted by Crippen LogP contribution is 2.18. The van der Waals surface area contributed by atoms with E-state index in [0.29, 0.717) is 5.69 Å². The Kier molecular flexibility index (Phi) is 3.31. The first-order chi connectivity index (χ1) is 8.50. The number of amides is 1. The van der Waals surface area contributed by atoms with Gasteiger partial charge in [-0.2, -0.15) is 0 Å². The van der Waals surface area contributed by atoms with Gasteiger partial charge < -0.3 is 10.0 Å². The van der Waals surface area contributed by atoms with Crippen molar-refractivity contribution in [2.45, 2.75) is 32.7 Å². The maximum Gasteiger partial charge on any atom is 0.358 e. The molecule has 1 aromatic rings. The van der Waals surface area contributed by atoms with Crippen LogP contribution in [0.1, 0.15) is 42.4 Å². The predicted molar refractivity (Wildman–Crippen MR) is 62.3 cm³/mol. The Hall–Kier alpha value is -1.92. The molecule has 1 aromatic heterocycles. The van der Waals surface area contributed by atoms with Gasteiger partial charge in [-0.3, -0.25) is 4.79 Å². The van der Waals surface area contributed by atoms with E-state index in [9.17, 15) is 9.59 Å². The standard InChI is InChI=1S/C11H16N4O3/c1-7(2)10-9(11(17)18)12-13-15(10)6-8(16)14-4-3-5-14/h7H,3-6H2,1-2H3,(H,17,18). The molecule has 0 aromatic carbocycles. The molecule has 0 spiro atoms. The van der Waals surface area contributed by atoms with Crippen molar-refractivity contribution in [1.82, 2.24) is 19.9 Å². The molecule has 0 aliphatic carbocycles. The van der Waals surface area contributed by atoms with Gasteiger partial charge in [0, 0.05) is 13.1 Å². The van der Waals surface area contributed by atoms with Crippen LogP contribution in [0.5, 0.6) is 0 Å². The van der Waals surface area contributed by atoms with Crippen molar-refractivity contribution < 1.29 is 14.7 Å². The van der Waals surface area contributed by atoms with Crippen LogP contribution >= 0.6 is 0 Å². The second-order valence-electron chi connectivity index (χ2n) is 4.68. The van der Waals surface area contributed by atoms with E-state index in [1.54, 1.807) is 4.90 Å². The number of nitrogens with zero attached hydrogens (tertiary/aromatic N) is 4. The van der Waals surface area contributed by atoms with Crippen LogP contribution in [-0.4, -0.2) is 50.0 Å². The first kappa shape index (κ1) is 12.5. The van der Waals surface area contributed by atoms with E-state index in [0.717, 1.165) is 19.5 Å². The number of aromatic carboxylic acids is 1. The average Bonchev–Trinajstić information content (AvgIpc) is 2.58. The lowest BCUT2D eigenvalue weighted by Gasteiger charge is -2.31. The molecule has 1 N–H and O–H groups in total. The molecule has 2 rings (SSSR count). The van der Waals surface area contributed by atoms with Gasteiger partial charge in [-0.25, -0.2) is 9.48 Å². The molecule has 7 nitrogen and oxygen atoms in total. The van der Waals surface area contributed by atoms with Gasteiger partial charge in [-0.05, 0) is 12.3 Å². The molecule has 1 fully saturated rings. The molecule has 0 atom stereocenters. The quantitative estimate of drug-likeness (QED) is 0.834. The Labute approximate surface area is 104 Å². The summed E-state index contributed by atoms with van der Waals surface area (Å²) in [5.41, 5.74) is 0.429. The van der Waals surface area contributed by atoms with Crippen molar-refractivity contribution in [3.63, 3.8) is 0 Å². The number of carboxylic acids is 1. The van der Waals surface area contributed by atoms with Gasteiger partial charge in [-0.1, -0.05) is 19.1 Å². The normalized spacial score (nSPS) is 14.7. The summed E-state index contributed by atoms with van der Waals surface area (Å²) in [6, 6.07) is 0.